The Morgan fingerprint density at radius 3 is 2.78 bits per heavy atom. The van der Waals surface area contributed by atoms with Crippen LogP contribution in [0.25, 0.3) is 0 Å². The highest BCUT2D eigenvalue weighted by atomic mass is 19.1. The number of carboxylic acids is 1. The predicted octanol–water partition coefficient (Wildman–Crippen LogP) is 2.70. The van der Waals surface area contributed by atoms with Crippen molar-refractivity contribution in [2.75, 3.05) is 13.6 Å². The van der Waals surface area contributed by atoms with Crippen LogP contribution < -0.4 is 5.32 Å². The van der Waals surface area contributed by atoms with Crippen molar-refractivity contribution < 1.29 is 23.5 Å². The lowest BCUT2D eigenvalue weighted by atomic mass is 9.87. The van der Waals surface area contributed by atoms with Gasteiger partial charge in [-0.3, -0.25) is 4.79 Å². The summed E-state index contributed by atoms with van der Waals surface area (Å²) in [6.45, 7) is 1.56. The Kier molecular flexibility index (Phi) is 5.18. The minimum Gasteiger partial charge on any atom is -0.481 e. The molecule has 0 radical (unpaired) electrons. The Morgan fingerprint density at radius 1 is 1.43 bits per heavy atom. The van der Waals surface area contributed by atoms with E-state index in [0.717, 1.165) is 6.07 Å². The Morgan fingerprint density at radius 2 is 2.13 bits per heavy atom. The zero-order valence-electron chi connectivity index (χ0n) is 13.1. The van der Waals surface area contributed by atoms with Crippen molar-refractivity contribution in [3.8, 4) is 0 Å². The molecule has 2 N–H and O–H groups in total. The number of rotatable bonds is 4. The third-order valence-corrected chi connectivity index (χ3v) is 4.10. The summed E-state index contributed by atoms with van der Waals surface area (Å²) in [5, 5.41) is 11.6. The maximum Gasteiger partial charge on any atom is 0.317 e. The Hall–Kier alpha value is -2.18. The van der Waals surface area contributed by atoms with Crippen molar-refractivity contribution in [2.45, 2.75) is 32.2 Å². The second kappa shape index (κ2) is 6.93. The first kappa shape index (κ1) is 17.2. The van der Waals surface area contributed by atoms with Crippen LogP contribution in [0.4, 0.5) is 13.6 Å². The smallest absolute Gasteiger partial charge is 0.317 e. The van der Waals surface area contributed by atoms with E-state index in [0.29, 0.717) is 30.4 Å². The molecule has 5 nitrogen and oxygen atoms in total. The Balaban J connectivity index is 2.10. The van der Waals surface area contributed by atoms with Crippen LogP contribution in [0.5, 0.6) is 0 Å². The molecule has 0 saturated carbocycles. The Bertz CT molecular complexity index is 622. The molecule has 2 atom stereocenters. The standard InChI is InChI=1S/C16H20F2N2O3/c1-9(15(21)22)8-20(2)16(23)19-14-5-3-4-11-12(14)6-10(17)7-13(11)18/h6-7,9,14H,3-5,8H2,1-2H3,(H,19,23)(H,21,22)/t9?,14-/m0/s1. The number of benzene rings is 1. The van der Waals surface area contributed by atoms with Crippen LogP contribution in [0.1, 0.15) is 36.9 Å². The second-order valence-electron chi connectivity index (χ2n) is 5.97. The lowest BCUT2D eigenvalue weighted by Gasteiger charge is -2.29. The molecule has 1 aliphatic carbocycles. The van der Waals surface area contributed by atoms with E-state index in [-0.39, 0.29) is 6.54 Å². The van der Waals surface area contributed by atoms with Crippen molar-refractivity contribution in [3.63, 3.8) is 0 Å². The lowest BCUT2D eigenvalue weighted by molar-refractivity contribution is -0.141. The fraction of sp³-hybridized carbons (Fsp3) is 0.500. The summed E-state index contributed by atoms with van der Waals surface area (Å²) in [5.74, 6) is -2.95. The number of nitrogens with zero attached hydrogens (tertiary/aromatic N) is 1. The maximum absolute atomic E-state index is 13.8. The molecule has 0 heterocycles. The van der Waals surface area contributed by atoms with Gasteiger partial charge in [0.15, 0.2) is 0 Å². The van der Waals surface area contributed by atoms with Crippen LogP contribution in [-0.2, 0) is 11.2 Å². The highest BCUT2D eigenvalue weighted by Crippen LogP contribution is 2.32. The predicted molar refractivity (Wildman–Crippen MR) is 80.0 cm³/mol. The molecule has 23 heavy (non-hydrogen) atoms. The number of carboxylic acid groups (broad SMARTS) is 1. The fourth-order valence-electron chi connectivity index (χ4n) is 2.82. The monoisotopic (exact) mass is 326 g/mol. The summed E-state index contributed by atoms with van der Waals surface area (Å²) < 4.78 is 27.3. The van der Waals surface area contributed by atoms with Crippen molar-refractivity contribution in [3.05, 3.63) is 34.9 Å². The van der Waals surface area contributed by atoms with Gasteiger partial charge in [0.25, 0.3) is 0 Å². The maximum atomic E-state index is 13.8. The van der Waals surface area contributed by atoms with Gasteiger partial charge in [0.2, 0.25) is 0 Å². The van der Waals surface area contributed by atoms with Gasteiger partial charge >= 0.3 is 12.0 Å². The summed E-state index contributed by atoms with van der Waals surface area (Å²) in [7, 11) is 1.49. The molecule has 0 fully saturated rings. The van der Waals surface area contributed by atoms with Crippen LogP contribution in [0, 0.1) is 17.6 Å². The topological polar surface area (TPSA) is 69.6 Å². The van der Waals surface area contributed by atoms with Crippen molar-refractivity contribution >= 4 is 12.0 Å². The number of fused-ring (bicyclic) bond motifs is 1. The molecular weight excluding hydrogens is 306 g/mol. The summed E-state index contributed by atoms with van der Waals surface area (Å²) in [4.78, 5) is 24.3. The minimum atomic E-state index is -0.989. The molecule has 1 aliphatic rings. The van der Waals surface area contributed by atoms with Gasteiger partial charge in [0, 0.05) is 19.7 Å². The first-order chi connectivity index (χ1) is 10.8. The summed E-state index contributed by atoms with van der Waals surface area (Å²) in [6, 6.07) is 1.17. The molecule has 2 amide bonds. The molecule has 7 heteroatoms. The van der Waals surface area contributed by atoms with E-state index in [4.69, 9.17) is 5.11 Å². The molecule has 1 aromatic carbocycles. The highest BCUT2D eigenvalue weighted by Gasteiger charge is 2.26. The summed E-state index contributed by atoms with van der Waals surface area (Å²) in [6.07, 6.45) is 1.79. The van der Waals surface area contributed by atoms with Gasteiger partial charge < -0.3 is 15.3 Å². The molecule has 0 saturated heterocycles. The number of hydrogen-bond acceptors (Lipinski definition) is 2. The SMILES string of the molecule is CC(CN(C)C(=O)N[C@H]1CCCc2c(F)cc(F)cc21)C(=O)O. The van der Waals surface area contributed by atoms with Gasteiger partial charge in [-0.25, -0.2) is 13.6 Å². The van der Waals surface area contributed by atoms with E-state index < -0.39 is 35.6 Å². The van der Waals surface area contributed by atoms with Crippen LogP contribution in [0.2, 0.25) is 0 Å². The molecule has 2 rings (SSSR count). The molecule has 0 bridgehead atoms. The van der Waals surface area contributed by atoms with E-state index in [9.17, 15) is 18.4 Å². The highest BCUT2D eigenvalue weighted by molar-refractivity contribution is 5.76. The molecule has 126 valence electrons. The number of carbonyl (C=O) groups is 2. The molecular formula is C16H20F2N2O3. The zero-order valence-corrected chi connectivity index (χ0v) is 13.1. The molecule has 0 aromatic heterocycles. The van der Waals surface area contributed by atoms with Crippen LogP contribution in [-0.4, -0.2) is 35.6 Å². The lowest BCUT2D eigenvalue weighted by Crippen LogP contribution is -2.43. The van der Waals surface area contributed by atoms with Gasteiger partial charge in [-0.05, 0) is 36.5 Å². The quantitative estimate of drug-likeness (QED) is 0.894. The normalized spacial score (nSPS) is 18.0. The van der Waals surface area contributed by atoms with Gasteiger partial charge in [0.05, 0.1) is 12.0 Å². The molecule has 0 aliphatic heterocycles. The van der Waals surface area contributed by atoms with Gasteiger partial charge in [-0.2, -0.15) is 0 Å². The number of carbonyl (C=O) groups excluding carboxylic acids is 1. The first-order valence-corrected chi connectivity index (χ1v) is 7.51. The number of urea groups is 1. The summed E-state index contributed by atoms with van der Waals surface area (Å²) in [5.41, 5.74) is 0.895. The van der Waals surface area contributed by atoms with Gasteiger partial charge in [-0.1, -0.05) is 6.92 Å². The van der Waals surface area contributed by atoms with Crippen LogP contribution in [0.15, 0.2) is 12.1 Å². The number of amides is 2. The third kappa shape index (κ3) is 3.97. The molecule has 0 spiro atoms. The second-order valence-corrected chi connectivity index (χ2v) is 5.97. The minimum absolute atomic E-state index is 0.0538. The number of aliphatic carboxylic acids is 1. The number of hydrogen-bond donors (Lipinski definition) is 2. The number of halogens is 2. The first-order valence-electron chi connectivity index (χ1n) is 7.51. The summed E-state index contributed by atoms with van der Waals surface area (Å²) >= 11 is 0. The van der Waals surface area contributed by atoms with Crippen molar-refractivity contribution in [2.24, 2.45) is 5.92 Å². The van der Waals surface area contributed by atoms with Crippen LogP contribution >= 0.6 is 0 Å². The van der Waals surface area contributed by atoms with Crippen molar-refractivity contribution in [1.29, 1.82) is 0 Å². The zero-order chi connectivity index (χ0) is 17.1. The van der Waals surface area contributed by atoms with E-state index in [1.807, 2.05) is 0 Å². The van der Waals surface area contributed by atoms with Gasteiger partial charge in [0.1, 0.15) is 11.6 Å². The van der Waals surface area contributed by atoms with E-state index in [1.54, 1.807) is 0 Å². The van der Waals surface area contributed by atoms with E-state index >= 15 is 0 Å². The largest absolute Gasteiger partial charge is 0.481 e. The molecule has 1 unspecified atom stereocenters. The Labute approximate surface area is 133 Å². The average Bonchev–Trinajstić information content (AvgIpc) is 2.47. The van der Waals surface area contributed by atoms with E-state index in [1.165, 1.54) is 24.9 Å². The fourth-order valence-corrected chi connectivity index (χ4v) is 2.82. The van der Waals surface area contributed by atoms with E-state index in [2.05, 4.69) is 5.32 Å². The number of nitrogens with one attached hydrogen (secondary N) is 1. The average molecular weight is 326 g/mol. The van der Waals surface area contributed by atoms with Crippen molar-refractivity contribution in [1.82, 2.24) is 10.2 Å². The molecule has 1 aromatic rings. The van der Waals surface area contributed by atoms with Crippen LogP contribution in [0.3, 0.4) is 0 Å². The van der Waals surface area contributed by atoms with Gasteiger partial charge in [-0.15, -0.1) is 0 Å². The third-order valence-electron chi connectivity index (χ3n) is 4.10.